The van der Waals surface area contributed by atoms with Crippen LogP contribution in [0.3, 0.4) is 0 Å². The van der Waals surface area contributed by atoms with E-state index in [1.54, 1.807) is 6.20 Å². The number of aliphatic carboxylic acids is 1. The molecule has 0 bridgehead atoms. The van der Waals surface area contributed by atoms with Crippen molar-refractivity contribution >= 4 is 5.97 Å². The molecule has 0 spiro atoms. The largest absolute Gasteiger partial charge is 0.481 e. The second-order valence-electron chi connectivity index (χ2n) is 4.27. The fourth-order valence-corrected chi connectivity index (χ4v) is 2.04. The van der Waals surface area contributed by atoms with Crippen LogP contribution in [-0.4, -0.2) is 16.1 Å². The maximum atomic E-state index is 11.4. The van der Waals surface area contributed by atoms with Gasteiger partial charge in [0.05, 0.1) is 5.92 Å². The average Bonchev–Trinajstić information content (AvgIpc) is 2.38. The molecule has 1 heterocycles. The normalized spacial score (nSPS) is 12.1. The number of nitrogens with zero attached hydrogens (tertiary/aromatic N) is 1. The molecule has 0 amide bonds. The van der Waals surface area contributed by atoms with Crippen LogP contribution in [0.15, 0.2) is 48.7 Å². The lowest BCUT2D eigenvalue weighted by Crippen LogP contribution is -2.16. The average molecular weight is 241 g/mol. The maximum Gasteiger partial charge on any atom is 0.311 e. The summed E-state index contributed by atoms with van der Waals surface area (Å²) in [6.45, 7) is 1.93. The van der Waals surface area contributed by atoms with Crippen LogP contribution in [0.25, 0.3) is 0 Å². The Morgan fingerprint density at radius 3 is 2.56 bits per heavy atom. The van der Waals surface area contributed by atoms with Crippen LogP contribution in [-0.2, 0) is 11.2 Å². The predicted molar refractivity (Wildman–Crippen MR) is 69.5 cm³/mol. The molecule has 3 nitrogen and oxygen atoms in total. The number of benzene rings is 1. The highest BCUT2D eigenvalue weighted by molar-refractivity contribution is 5.77. The van der Waals surface area contributed by atoms with E-state index in [2.05, 4.69) is 4.98 Å². The molecule has 92 valence electrons. The fraction of sp³-hybridized carbons (Fsp3) is 0.200. The minimum atomic E-state index is -0.810. The van der Waals surface area contributed by atoms with Crippen molar-refractivity contribution in [1.82, 2.24) is 4.98 Å². The van der Waals surface area contributed by atoms with Gasteiger partial charge in [0, 0.05) is 18.3 Å². The Bertz CT molecular complexity index is 537. The summed E-state index contributed by atoms with van der Waals surface area (Å²) >= 11 is 0. The van der Waals surface area contributed by atoms with E-state index in [1.165, 1.54) is 0 Å². The molecule has 2 aromatic rings. The van der Waals surface area contributed by atoms with E-state index in [0.717, 1.165) is 16.8 Å². The zero-order valence-electron chi connectivity index (χ0n) is 10.2. The highest BCUT2D eigenvalue weighted by Gasteiger charge is 2.22. The van der Waals surface area contributed by atoms with Gasteiger partial charge in [-0.15, -0.1) is 0 Å². The lowest BCUT2D eigenvalue weighted by molar-refractivity contribution is -0.138. The van der Waals surface area contributed by atoms with Gasteiger partial charge in [-0.2, -0.15) is 0 Å². The van der Waals surface area contributed by atoms with Crippen LogP contribution in [0.2, 0.25) is 0 Å². The zero-order chi connectivity index (χ0) is 13.0. The standard InChI is InChI=1S/C15H15NO2/c1-11-6-2-3-8-13(11)14(15(17)18)10-12-7-4-5-9-16-12/h2-9,14H,10H2,1H3,(H,17,18). The van der Waals surface area contributed by atoms with Crippen molar-refractivity contribution in [1.29, 1.82) is 0 Å². The van der Waals surface area contributed by atoms with Crippen molar-refractivity contribution in [3.63, 3.8) is 0 Å². The summed E-state index contributed by atoms with van der Waals surface area (Å²) in [6.07, 6.45) is 2.10. The van der Waals surface area contributed by atoms with E-state index in [9.17, 15) is 9.90 Å². The van der Waals surface area contributed by atoms with Gasteiger partial charge >= 0.3 is 5.97 Å². The quantitative estimate of drug-likeness (QED) is 0.895. The number of carbonyl (C=O) groups is 1. The summed E-state index contributed by atoms with van der Waals surface area (Å²) in [5, 5.41) is 9.38. The number of aryl methyl sites for hydroxylation is 1. The minimum Gasteiger partial charge on any atom is -0.481 e. The molecule has 0 aliphatic rings. The molecule has 3 heteroatoms. The van der Waals surface area contributed by atoms with Crippen LogP contribution in [0, 0.1) is 6.92 Å². The van der Waals surface area contributed by atoms with Crippen molar-refractivity contribution in [2.75, 3.05) is 0 Å². The van der Waals surface area contributed by atoms with E-state index in [4.69, 9.17) is 0 Å². The molecule has 1 N–H and O–H groups in total. The summed E-state index contributed by atoms with van der Waals surface area (Å²) in [6, 6.07) is 13.1. The summed E-state index contributed by atoms with van der Waals surface area (Å²) in [4.78, 5) is 15.6. The SMILES string of the molecule is Cc1ccccc1C(Cc1ccccn1)C(=O)O. The molecule has 0 aliphatic carbocycles. The van der Waals surface area contributed by atoms with Gasteiger partial charge < -0.3 is 5.11 Å². The number of rotatable bonds is 4. The Balaban J connectivity index is 2.30. The number of aromatic nitrogens is 1. The van der Waals surface area contributed by atoms with Gasteiger partial charge in [-0.25, -0.2) is 0 Å². The lowest BCUT2D eigenvalue weighted by atomic mass is 9.91. The van der Waals surface area contributed by atoms with Crippen LogP contribution in [0.1, 0.15) is 22.7 Å². The lowest BCUT2D eigenvalue weighted by Gasteiger charge is -2.14. The van der Waals surface area contributed by atoms with E-state index in [0.29, 0.717) is 6.42 Å². The molecule has 2 rings (SSSR count). The van der Waals surface area contributed by atoms with Gasteiger partial charge in [-0.05, 0) is 30.2 Å². The third kappa shape index (κ3) is 2.74. The molecule has 1 atom stereocenters. The molecule has 0 fully saturated rings. The summed E-state index contributed by atoms with van der Waals surface area (Å²) in [7, 11) is 0. The smallest absolute Gasteiger partial charge is 0.311 e. The molecule has 1 unspecified atom stereocenters. The van der Waals surface area contributed by atoms with Gasteiger partial charge in [0.1, 0.15) is 0 Å². The topological polar surface area (TPSA) is 50.2 Å². The molecule has 0 aliphatic heterocycles. The van der Waals surface area contributed by atoms with E-state index in [-0.39, 0.29) is 0 Å². The highest BCUT2D eigenvalue weighted by atomic mass is 16.4. The first-order valence-electron chi connectivity index (χ1n) is 5.86. The van der Waals surface area contributed by atoms with E-state index >= 15 is 0 Å². The minimum absolute atomic E-state index is 0.418. The molecule has 0 saturated heterocycles. The summed E-state index contributed by atoms with van der Waals surface area (Å²) < 4.78 is 0. The number of hydrogen-bond donors (Lipinski definition) is 1. The molecular formula is C15H15NO2. The van der Waals surface area contributed by atoms with Crippen LogP contribution in [0.4, 0.5) is 0 Å². The van der Waals surface area contributed by atoms with Crippen molar-refractivity contribution in [3.05, 3.63) is 65.5 Å². The van der Waals surface area contributed by atoms with Crippen LogP contribution < -0.4 is 0 Å². The van der Waals surface area contributed by atoms with Crippen molar-refractivity contribution in [3.8, 4) is 0 Å². The van der Waals surface area contributed by atoms with Gasteiger partial charge in [-0.3, -0.25) is 9.78 Å². The first-order chi connectivity index (χ1) is 8.68. The molecular weight excluding hydrogens is 226 g/mol. The highest BCUT2D eigenvalue weighted by Crippen LogP contribution is 2.23. The number of pyridine rings is 1. The molecule has 0 saturated carbocycles. The summed E-state index contributed by atoms with van der Waals surface area (Å²) in [5.41, 5.74) is 2.66. The Morgan fingerprint density at radius 1 is 1.22 bits per heavy atom. The Labute approximate surface area is 106 Å². The molecule has 0 radical (unpaired) electrons. The van der Waals surface area contributed by atoms with Crippen LogP contribution >= 0.6 is 0 Å². The number of carboxylic acid groups (broad SMARTS) is 1. The van der Waals surface area contributed by atoms with Gasteiger partial charge in [-0.1, -0.05) is 30.3 Å². The Hall–Kier alpha value is -2.16. The van der Waals surface area contributed by atoms with Crippen LogP contribution in [0.5, 0.6) is 0 Å². The van der Waals surface area contributed by atoms with E-state index < -0.39 is 11.9 Å². The number of carboxylic acids is 1. The molecule has 18 heavy (non-hydrogen) atoms. The first-order valence-corrected chi connectivity index (χ1v) is 5.86. The summed E-state index contributed by atoms with van der Waals surface area (Å²) in [5.74, 6) is -1.35. The fourth-order valence-electron chi connectivity index (χ4n) is 2.04. The third-order valence-electron chi connectivity index (χ3n) is 3.00. The monoisotopic (exact) mass is 241 g/mol. The van der Waals surface area contributed by atoms with Gasteiger partial charge in [0.15, 0.2) is 0 Å². The Morgan fingerprint density at radius 2 is 1.94 bits per heavy atom. The maximum absolute atomic E-state index is 11.4. The Kier molecular flexibility index (Phi) is 3.72. The van der Waals surface area contributed by atoms with Gasteiger partial charge in [0.25, 0.3) is 0 Å². The molecule has 1 aromatic heterocycles. The molecule has 1 aromatic carbocycles. The third-order valence-corrected chi connectivity index (χ3v) is 3.00. The first kappa shape index (κ1) is 12.3. The second kappa shape index (κ2) is 5.45. The zero-order valence-corrected chi connectivity index (χ0v) is 10.2. The van der Waals surface area contributed by atoms with E-state index in [1.807, 2.05) is 49.4 Å². The van der Waals surface area contributed by atoms with Crippen molar-refractivity contribution in [2.24, 2.45) is 0 Å². The number of hydrogen-bond acceptors (Lipinski definition) is 2. The second-order valence-corrected chi connectivity index (χ2v) is 4.27. The van der Waals surface area contributed by atoms with Crippen molar-refractivity contribution in [2.45, 2.75) is 19.3 Å². The van der Waals surface area contributed by atoms with Gasteiger partial charge in [0.2, 0.25) is 0 Å². The van der Waals surface area contributed by atoms with Crippen molar-refractivity contribution < 1.29 is 9.90 Å². The predicted octanol–water partition coefficient (Wildman–Crippen LogP) is 2.80.